The van der Waals surface area contributed by atoms with E-state index in [0.29, 0.717) is 14.8 Å². The molecule has 5 nitrogen and oxygen atoms in total. The number of hydrogen-bond donors (Lipinski definition) is 2. The smallest absolute Gasteiger partial charge is 0.266 e. The van der Waals surface area contributed by atoms with Crippen molar-refractivity contribution >= 4 is 40.3 Å². The molecule has 128 valence electrons. The van der Waals surface area contributed by atoms with E-state index >= 15 is 0 Å². The summed E-state index contributed by atoms with van der Waals surface area (Å²) < 4.78 is 5.66. The van der Waals surface area contributed by atoms with Gasteiger partial charge in [0.25, 0.3) is 5.91 Å². The Morgan fingerprint density at radius 3 is 2.60 bits per heavy atom. The number of phenolic OH excluding ortho intramolecular Hbond substituents is 1. The number of aryl methyl sites for hydroxylation is 1. The standard InChI is InChI=1S/C19H17IN2O3/c1-3-12-4-6-15(7-5-12)22-19(24)14(11-21)8-13-9-16(20)18(23)17(10-13)25-2/h4-10,23H,3H2,1-2H3,(H,22,24)/b14-8-. The van der Waals surface area contributed by atoms with Crippen molar-refractivity contribution in [2.45, 2.75) is 13.3 Å². The molecule has 2 N–H and O–H groups in total. The molecule has 2 aromatic rings. The van der Waals surface area contributed by atoms with E-state index in [1.165, 1.54) is 18.7 Å². The van der Waals surface area contributed by atoms with Crippen molar-refractivity contribution in [3.05, 3.63) is 56.7 Å². The number of carbonyl (C=O) groups excluding carboxylic acids is 1. The molecule has 0 saturated heterocycles. The Balaban J connectivity index is 2.26. The Morgan fingerprint density at radius 1 is 1.36 bits per heavy atom. The van der Waals surface area contributed by atoms with Crippen LogP contribution in [0.1, 0.15) is 18.1 Å². The number of benzene rings is 2. The van der Waals surface area contributed by atoms with Crippen molar-refractivity contribution in [2.75, 3.05) is 12.4 Å². The summed E-state index contributed by atoms with van der Waals surface area (Å²) in [6.45, 7) is 2.05. The molecular formula is C19H17IN2O3. The van der Waals surface area contributed by atoms with E-state index in [1.54, 1.807) is 24.3 Å². The summed E-state index contributed by atoms with van der Waals surface area (Å²) in [6, 6.07) is 12.6. The number of nitriles is 1. The van der Waals surface area contributed by atoms with Gasteiger partial charge in [0.1, 0.15) is 11.6 Å². The molecule has 0 aliphatic heterocycles. The quantitative estimate of drug-likeness (QED) is 0.410. The molecule has 1 amide bonds. The number of methoxy groups -OCH3 is 1. The lowest BCUT2D eigenvalue weighted by atomic mass is 10.1. The second kappa shape index (κ2) is 8.53. The van der Waals surface area contributed by atoms with Gasteiger partial charge in [-0.05, 0) is 70.5 Å². The van der Waals surface area contributed by atoms with E-state index in [0.717, 1.165) is 6.42 Å². The van der Waals surface area contributed by atoms with E-state index in [4.69, 9.17) is 4.74 Å². The van der Waals surface area contributed by atoms with Crippen molar-refractivity contribution in [1.29, 1.82) is 5.26 Å². The molecule has 0 saturated carbocycles. The molecule has 0 spiro atoms. The Labute approximate surface area is 160 Å². The van der Waals surface area contributed by atoms with Crippen LogP contribution in [0.15, 0.2) is 42.0 Å². The fourth-order valence-electron chi connectivity index (χ4n) is 2.17. The minimum atomic E-state index is -0.492. The highest BCUT2D eigenvalue weighted by Crippen LogP contribution is 2.33. The molecule has 25 heavy (non-hydrogen) atoms. The zero-order chi connectivity index (χ0) is 18.4. The molecule has 0 aliphatic carbocycles. The second-order valence-corrected chi connectivity index (χ2v) is 6.39. The molecule has 0 bridgehead atoms. The van der Waals surface area contributed by atoms with Crippen molar-refractivity contribution < 1.29 is 14.6 Å². The summed E-state index contributed by atoms with van der Waals surface area (Å²) >= 11 is 1.96. The zero-order valence-corrected chi connectivity index (χ0v) is 16.0. The third kappa shape index (κ3) is 4.73. The van der Waals surface area contributed by atoms with Gasteiger partial charge in [-0.25, -0.2) is 0 Å². The number of rotatable bonds is 5. The van der Waals surface area contributed by atoms with Gasteiger partial charge in [0, 0.05) is 5.69 Å². The molecular weight excluding hydrogens is 431 g/mol. The molecule has 0 atom stereocenters. The van der Waals surface area contributed by atoms with Crippen molar-refractivity contribution in [3.8, 4) is 17.6 Å². The number of hydrogen-bond acceptors (Lipinski definition) is 4. The molecule has 6 heteroatoms. The molecule has 2 aromatic carbocycles. The van der Waals surface area contributed by atoms with Crippen LogP contribution in [0.3, 0.4) is 0 Å². The fourth-order valence-corrected chi connectivity index (χ4v) is 2.80. The Kier molecular flexibility index (Phi) is 6.42. The van der Waals surface area contributed by atoms with E-state index < -0.39 is 5.91 Å². The number of carbonyl (C=O) groups is 1. The van der Waals surface area contributed by atoms with Crippen LogP contribution in [0.5, 0.6) is 11.5 Å². The van der Waals surface area contributed by atoms with Crippen LogP contribution < -0.4 is 10.1 Å². The van der Waals surface area contributed by atoms with E-state index in [-0.39, 0.29) is 17.1 Å². The number of nitrogens with one attached hydrogen (secondary N) is 1. The minimum Gasteiger partial charge on any atom is -0.504 e. The van der Waals surface area contributed by atoms with Gasteiger partial charge in [0.2, 0.25) is 0 Å². The summed E-state index contributed by atoms with van der Waals surface area (Å²) in [5.74, 6) is -0.181. The summed E-state index contributed by atoms with van der Waals surface area (Å²) in [5, 5.41) is 21.9. The van der Waals surface area contributed by atoms with Crippen LogP contribution in [-0.4, -0.2) is 18.1 Å². The van der Waals surface area contributed by atoms with E-state index in [9.17, 15) is 15.2 Å². The highest BCUT2D eigenvalue weighted by molar-refractivity contribution is 14.1. The third-order valence-electron chi connectivity index (χ3n) is 3.57. The summed E-state index contributed by atoms with van der Waals surface area (Å²) in [7, 11) is 1.44. The maximum absolute atomic E-state index is 12.3. The maximum atomic E-state index is 12.3. The van der Waals surface area contributed by atoms with Gasteiger partial charge in [-0.15, -0.1) is 0 Å². The molecule has 0 unspecified atom stereocenters. The first-order chi connectivity index (χ1) is 12.0. The van der Waals surface area contributed by atoms with Crippen molar-refractivity contribution in [3.63, 3.8) is 0 Å². The number of anilines is 1. The van der Waals surface area contributed by atoms with Crippen LogP contribution in [-0.2, 0) is 11.2 Å². The predicted octanol–water partition coefficient (Wildman–Crippen LogP) is 4.11. The Morgan fingerprint density at radius 2 is 2.04 bits per heavy atom. The van der Waals surface area contributed by atoms with Crippen LogP contribution >= 0.6 is 22.6 Å². The predicted molar refractivity (Wildman–Crippen MR) is 105 cm³/mol. The van der Waals surface area contributed by atoms with E-state index in [2.05, 4.69) is 12.2 Å². The number of amides is 1. The maximum Gasteiger partial charge on any atom is 0.266 e. The highest BCUT2D eigenvalue weighted by Gasteiger charge is 2.12. The number of phenols is 1. The molecule has 0 heterocycles. The van der Waals surface area contributed by atoms with Crippen LogP contribution in [0.25, 0.3) is 6.08 Å². The zero-order valence-electron chi connectivity index (χ0n) is 13.8. The van der Waals surface area contributed by atoms with Gasteiger partial charge in [0.15, 0.2) is 11.5 Å². The van der Waals surface area contributed by atoms with Crippen molar-refractivity contribution in [2.24, 2.45) is 0 Å². The lowest BCUT2D eigenvalue weighted by Crippen LogP contribution is -2.13. The molecule has 0 aliphatic rings. The number of halogens is 1. The van der Waals surface area contributed by atoms with Crippen LogP contribution in [0, 0.1) is 14.9 Å². The molecule has 0 aromatic heterocycles. The summed E-state index contributed by atoms with van der Waals surface area (Å²) in [4.78, 5) is 12.3. The summed E-state index contributed by atoms with van der Waals surface area (Å²) in [6.07, 6.45) is 2.37. The summed E-state index contributed by atoms with van der Waals surface area (Å²) in [5.41, 5.74) is 2.34. The Hall–Kier alpha value is -2.53. The first-order valence-electron chi connectivity index (χ1n) is 7.57. The number of aromatic hydroxyl groups is 1. The van der Waals surface area contributed by atoms with Gasteiger partial charge < -0.3 is 15.2 Å². The van der Waals surface area contributed by atoms with Gasteiger partial charge in [-0.1, -0.05) is 19.1 Å². The van der Waals surface area contributed by atoms with Gasteiger partial charge in [-0.2, -0.15) is 5.26 Å². The SMILES string of the molecule is CCc1ccc(NC(=O)/C(C#N)=C\c2cc(I)c(O)c(OC)c2)cc1. The Bertz CT molecular complexity index is 852. The third-order valence-corrected chi connectivity index (χ3v) is 4.39. The first-order valence-corrected chi connectivity index (χ1v) is 8.65. The van der Waals surface area contributed by atoms with Crippen LogP contribution in [0.2, 0.25) is 0 Å². The van der Waals surface area contributed by atoms with Gasteiger partial charge >= 0.3 is 0 Å². The topological polar surface area (TPSA) is 82.4 Å². The van der Waals surface area contributed by atoms with Crippen LogP contribution in [0.4, 0.5) is 5.69 Å². The first kappa shape index (κ1) is 18.8. The van der Waals surface area contributed by atoms with Gasteiger partial charge in [-0.3, -0.25) is 4.79 Å². The average Bonchev–Trinajstić information content (AvgIpc) is 2.62. The van der Waals surface area contributed by atoms with E-state index in [1.807, 2.05) is 40.8 Å². The lowest BCUT2D eigenvalue weighted by Gasteiger charge is -2.08. The normalized spacial score (nSPS) is 10.9. The highest BCUT2D eigenvalue weighted by atomic mass is 127. The van der Waals surface area contributed by atoms with Crippen molar-refractivity contribution in [1.82, 2.24) is 0 Å². The lowest BCUT2D eigenvalue weighted by molar-refractivity contribution is -0.112. The monoisotopic (exact) mass is 448 g/mol. The largest absolute Gasteiger partial charge is 0.504 e. The molecule has 2 rings (SSSR count). The fraction of sp³-hybridized carbons (Fsp3) is 0.158. The molecule has 0 fully saturated rings. The number of ether oxygens (including phenoxy) is 1. The van der Waals surface area contributed by atoms with Gasteiger partial charge in [0.05, 0.1) is 10.7 Å². The average molecular weight is 448 g/mol. The minimum absolute atomic E-state index is 0.0271. The second-order valence-electron chi connectivity index (χ2n) is 5.23. The molecule has 0 radical (unpaired) electrons. The number of nitrogens with zero attached hydrogens (tertiary/aromatic N) is 1.